The van der Waals surface area contributed by atoms with Crippen LogP contribution in [0.5, 0.6) is 0 Å². The van der Waals surface area contributed by atoms with E-state index in [0.717, 1.165) is 49.9 Å². The van der Waals surface area contributed by atoms with Crippen molar-refractivity contribution in [1.29, 1.82) is 0 Å². The Kier molecular flexibility index (Phi) is 3.13. The van der Waals surface area contributed by atoms with Crippen molar-refractivity contribution in [1.82, 2.24) is 9.80 Å². The summed E-state index contributed by atoms with van der Waals surface area (Å²) in [5.41, 5.74) is 5.93. The summed E-state index contributed by atoms with van der Waals surface area (Å²) in [6.07, 6.45) is 4.22. The van der Waals surface area contributed by atoms with Gasteiger partial charge in [0.2, 0.25) is 5.91 Å². The first kappa shape index (κ1) is 14.0. The standard InChI is InChI=1S/C17H29N3O/c1-17(2,10-18)20-7-5-19(6-8-20)16(21)15-13-11-3-4-12(9-11)14(13)15/h11-15H,3-10,18H2,1-2H3. The van der Waals surface area contributed by atoms with Gasteiger partial charge in [-0.1, -0.05) is 0 Å². The topological polar surface area (TPSA) is 49.6 Å². The molecule has 0 aromatic rings. The highest BCUT2D eigenvalue weighted by Gasteiger charge is 2.68. The van der Waals surface area contributed by atoms with Gasteiger partial charge in [0.15, 0.2) is 0 Å². The molecule has 1 heterocycles. The van der Waals surface area contributed by atoms with Crippen LogP contribution in [-0.2, 0) is 4.79 Å². The lowest BCUT2D eigenvalue weighted by atomic mass is 10.00. The van der Waals surface area contributed by atoms with E-state index < -0.39 is 0 Å². The summed E-state index contributed by atoms with van der Waals surface area (Å²) in [5.74, 6) is 4.22. The second kappa shape index (κ2) is 4.69. The van der Waals surface area contributed by atoms with Crippen LogP contribution in [0.4, 0.5) is 0 Å². The van der Waals surface area contributed by atoms with Gasteiger partial charge < -0.3 is 10.6 Å². The summed E-state index contributed by atoms with van der Waals surface area (Å²) in [7, 11) is 0. The summed E-state index contributed by atoms with van der Waals surface area (Å²) >= 11 is 0. The van der Waals surface area contributed by atoms with Crippen LogP contribution in [0.3, 0.4) is 0 Å². The average Bonchev–Trinajstić information content (AvgIpc) is 2.93. The number of carbonyl (C=O) groups excluding carboxylic acids is 1. The molecule has 3 aliphatic carbocycles. The van der Waals surface area contributed by atoms with Gasteiger partial charge in [0, 0.05) is 44.2 Å². The van der Waals surface area contributed by atoms with Crippen LogP contribution in [0.25, 0.3) is 0 Å². The highest BCUT2D eigenvalue weighted by Crippen LogP contribution is 2.69. The Labute approximate surface area is 128 Å². The van der Waals surface area contributed by atoms with Crippen LogP contribution < -0.4 is 5.73 Å². The molecular formula is C17H29N3O. The van der Waals surface area contributed by atoms with Gasteiger partial charge in [0.05, 0.1) is 0 Å². The fourth-order valence-electron chi connectivity index (χ4n) is 5.53. The molecule has 1 aliphatic heterocycles. The molecule has 2 bridgehead atoms. The molecule has 0 aromatic heterocycles. The molecule has 1 amide bonds. The van der Waals surface area contributed by atoms with Crippen molar-refractivity contribution in [2.75, 3.05) is 32.7 Å². The van der Waals surface area contributed by atoms with Gasteiger partial charge in [0.1, 0.15) is 0 Å². The third-order valence-corrected chi connectivity index (χ3v) is 6.97. The third-order valence-electron chi connectivity index (χ3n) is 6.97. The number of hydrogen-bond acceptors (Lipinski definition) is 3. The lowest BCUT2D eigenvalue weighted by molar-refractivity contribution is -0.136. The first-order valence-electron chi connectivity index (χ1n) is 8.77. The number of rotatable bonds is 3. The van der Waals surface area contributed by atoms with E-state index in [1.807, 2.05) is 0 Å². The van der Waals surface area contributed by atoms with Crippen LogP contribution >= 0.6 is 0 Å². The predicted octanol–water partition coefficient (Wildman–Crippen LogP) is 1.16. The Bertz CT molecular complexity index is 425. The SMILES string of the molecule is CC(C)(CN)N1CCN(C(=O)C2C3C4CCC(C4)C23)CC1. The van der Waals surface area contributed by atoms with Gasteiger partial charge in [-0.15, -0.1) is 0 Å². The Morgan fingerprint density at radius 1 is 1.10 bits per heavy atom. The van der Waals surface area contributed by atoms with Gasteiger partial charge in [-0.25, -0.2) is 0 Å². The van der Waals surface area contributed by atoms with E-state index in [9.17, 15) is 4.79 Å². The number of fused-ring (bicyclic) bond motifs is 5. The van der Waals surface area contributed by atoms with Crippen LogP contribution in [-0.4, -0.2) is 54.0 Å². The van der Waals surface area contributed by atoms with E-state index in [4.69, 9.17) is 5.73 Å². The number of carbonyl (C=O) groups is 1. The lowest BCUT2D eigenvalue weighted by Crippen LogP contribution is -2.58. The molecule has 0 aromatic carbocycles. The lowest BCUT2D eigenvalue weighted by Gasteiger charge is -2.43. The first-order valence-corrected chi connectivity index (χ1v) is 8.77. The fourth-order valence-corrected chi connectivity index (χ4v) is 5.53. The van der Waals surface area contributed by atoms with Crippen LogP contribution in [0.1, 0.15) is 33.1 Å². The molecule has 1 saturated heterocycles. The number of amides is 1. The molecular weight excluding hydrogens is 262 g/mol. The van der Waals surface area contributed by atoms with Gasteiger partial charge in [-0.2, -0.15) is 0 Å². The summed E-state index contributed by atoms with van der Waals surface area (Å²) in [6.45, 7) is 8.83. The van der Waals surface area contributed by atoms with E-state index in [2.05, 4.69) is 23.6 Å². The summed E-state index contributed by atoms with van der Waals surface area (Å²) < 4.78 is 0. The first-order chi connectivity index (χ1) is 10.0. The van der Waals surface area contributed by atoms with E-state index in [-0.39, 0.29) is 5.54 Å². The Morgan fingerprint density at radius 3 is 2.19 bits per heavy atom. The molecule has 4 rings (SSSR count). The van der Waals surface area contributed by atoms with Crippen LogP contribution in [0.2, 0.25) is 0 Å². The van der Waals surface area contributed by atoms with E-state index in [0.29, 0.717) is 18.4 Å². The quantitative estimate of drug-likeness (QED) is 0.849. The van der Waals surface area contributed by atoms with E-state index in [1.165, 1.54) is 19.3 Å². The van der Waals surface area contributed by atoms with Crippen molar-refractivity contribution < 1.29 is 4.79 Å². The zero-order valence-corrected chi connectivity index (χ0v) is 13.4. The molecule has 4 fully saturated rings. The molecule has 118 valence electrons. The van der Waals surface area contributed by atoms with Crippen LogP contribution in [0.15, 0.2) is 0 Å². The molecule has 2 N–H and O–H groups in total. The van der Waals surface area contributed by atoms with E-state index >= 15 is 0 Å². The highest BCUT2D eigenvalue weighted by atomic mass is 16.2. The Balaban J connectivity index is 1.34. The zero-order valence-electron chi connectivity index (χ0n) is 13.4. The number of piperazine rings is 1. The normalized spacial score (nSPS) is 42.2. The summed E-state index contributed by atoms with van der Waals surface area (Å²) in [4.78, 5) is 17.4. The van der Waals surface area contributed by atoms with Crippen molar-refractivity contribution in [3.05, 3.63) is 0 Å². The second-order valence-electron chi connectivity index (χ2n) is 8.34. The molecule has 4 aliphatic rings. The summed E-state index contributed by atoms with van der Waals surface area (Å²) in [5, 5.41) is 0. The maximum atomic E-state index is 12.8. The van der Waals surface area contributed by atoms with Crippen molar-refractivity contribution in [3.8, 4) is 0 Å². The van der Waals surface area contributed by atoms with Gasteiger partial charge in [-0.05, 0) is 56.8 Å². The molecule has 4 heteroatoms. The number of nitrogens with zero attached hydrogens (tertiary/aromatic N) is 2. The molecule has 4 atom stereocenters. The highest BCUT2D eigenvalue weighted by molar-refractivity contribution is 5.83. The Morgan fingerprint density at radius 2 is 1.67 bits per heavy atom. The zero-order chi connectivity index (χ0) is 14.8. The van der Waals surface area contributed by atoms with Crippen molar-refractivity contribution in [2.45, 2.75) is 38.6 Å². The third kappa shape index (κ3) is 2.06. The molecule has 4 nitrogen and oxygen atoms in total. The molecule has 21 heavy (non-hydrogen) atoms. The number of nitrogens with two attached hydrogens (primary N) is 1. The van der Waals surface area contributed by atoms with Crippen molar-refractivity contribution in [3.63, 3.8) is 0 Å². The predicted molar refractivity (Wildman–Crippen MR) is 82.6 cm³/mol. The Hall–Kier alpha value is -0.610. The molecule has 4 unspecified atom stereocenters. The minimum absolute atomic E-state index is 0.0599. The van der Waals surface area contributed by atoms with Crippen molar-refractivity contribution in [2.24, 2.45) is 35.3 Å². The van der Waals surface area contributed by atoms with Crippen LogP contribution in [0, 0.1) is 29.6 Å². The molecule has 0 spiro atoms. The van der Waals surface area contributed by atoms with Gasteiger partial charge in [-0.3, -0.25) is 9.69 Å². The molecule has 3 saturated carbocycles. The fraction of sp³-hybridized carbons (Fsp3) is 0.941. The second-order valence-corrected chi connectivity index (χ2v) is 8.34. The maximum absolute atomic E-state index is 12.8. The minimum Gasteiger partial charge on any atom is -0.340 e. The number of hydrogen-bond donors (Lipinski definition) is 1. The minimum atomic E-state index is 0.0599. The van der Waals surface area contributed by atoms with Gasteiger partial charge in [0.25, 0.3) is 0 Å². The van der Waals surface area contributed by atoms with Crippen molar-refractivity contribution >= 4 is 5.91 Å². The van der Waals surface area contributed by atoms with Gasteiger partial charge >= 0.3 is 0 Å². The summed E-state index contributed by atoms with van der Waals surface area (Å²) in [6, 6.07) is 0. The maximum Gasteiger partial charge on any atom is 0.226 e. The molecule has 0 radical (unpaired) electrons. The van der Waals surface area contributed by atoms with E-state index in [1.54, 1.807) is 0 Å². The average molecular weight is 291 g/mol. The monoisotopic (exact) mass is 291 g/mol. The smallest absolute Gasteiger partial charge is 0.226 e. The largest absolute Gasteiger partial charge is 0.340 e.